The summed E-state index contributed by atoms with van der Waals surface area (Å²) in [7, 11) is 3.03. The van der Waals surface area contributed by atoms with E-state index in [2.05, 4.69) is 15.6 Å². The molecular weight excluding hydrogens is 304 g/mol. The normalized spacial score (nSPS) is 12.0. The molecule has 0 aliphatic rings. The molecule has 0 unspecified atom stereocenters. The first-order valence-electron chi connectivity index (χ1n) is 6.59. The van der Waals surface area contributed by atoms with Crippen LogP contribution in [0.15, 0.2) is 34.2 Å². The second-order valence-corrected chi connectivity index (χ2v) is 5.91. The van der Waals surface area contributed by atoms with Gasteiger partial charge in [0.05, 0.1) is 16.2 Å². The minimum atomic E-state index is -0.573. The van der Waals surface area contributed by atoms with Crippen molar-refractivity contribution in [3.05, 3.63) is 34.6 Å². The zero-order chi connectivity index (χ0) is 16.3. The van der Waals surface area contributed by atoms with Crippen molar-refractivity contribution in [2.45, 2.75) is 17.3 Å². The molecule has 0 aliphatic heterocycles. The number of nitrogens with one attached hydrogen (secondary N) is 2. The molecule has 22 heavy (non-hydrogen) atoms. The Bertz CT molecular complexity index is 787. The van der Waals surface area contributed by atoms with Crippen LogP contribution in [-0.2, 0) is 11.8 Å². The fourth-order valence-electron chi connectivity index (χ4n) is 1.79. The van der Waals surface area contributed by atoms with Gasteiger partial charge in [0, 0.05) is 14.1 Å². The highest BCUT2D eigenvalue weighted by atomic mass is 32.2. The van der Waals surface area contributed by atoms with E-state index in [1.807, 2.05) is 0 Å². The number of benzene rings is 1. The molecule has 0 bridgehead atoms. The van der Waals surface area contributed by atoms with Gasteiger partial charge in [-0.3, -0.25) is 19.5 Å². The van der Waals surface area contributed by atoms with Crippen LogP contribution in [0.5, 0.6) is 0 Å². The van der Waals surface area contributed by atoms with Gasteiger partial charge >= 0.3 is 6.03 Å². The summed E-state index contributed by atoms with van der Waals surface area (Å²) in [6.45, 7) is 1.64. The summed E-state index contributed by atoms with van der Waals surface area (Å²) < 4.78 is 1.40. The van der Waals surface area contributed by atoms with E-state index < -0.39 is 17.2 Å². The molecule has 3 amide bonds. The van der Waals surface area contributed by atoms with Gasteiger partial charge in [-0.15, -0.1) is 0 Å². The summed E-state index contributed by atoms with van der Waals surface area (Å²) in [6.07, 6.45) is 0. The minimum absolute atomic E-state index is 0.174. The van der Waals surface area contributed by atoms with Crippen LogP contribution in [0.4, 0.5) is 4.79 Å². The van der Waals surface area contributed by atoms with E-state index in [0.29, 0.717) is 16.1 Å². The zero-order valence-electron chi connectivity index (χ0n) is 12.4. The Morgan fingerprint density at radius 1 is 1.32 bits per heavy atom. The van der Waals surface area contributed by atoms with Crippen molar-refractivity contribution in [1.82, 2.24) is 20.2 Å². The number of carbonyl (C=O) groups excluding carboxylic acids is 2. The monoisotopic (exact) mass is 320 g/mol. The van der Waals surface area contributed by atoms with Crippen molar-refractivity contribution >= 4 is 34.6 Å². The average molecular weight is 320 g/mol. The van der Waals surface area contributed by atoms with E-state index in [-0.39, 0.29) is 5.56 Å². The number of hydrogen-bond acceptors (Lipinski definition) is 5. The highest BCUT2D eigenvalue weighted by Gasteiger charge is 2.19. The van der Waals surface area contributed by atoms with Gasteiger partial charge < -0.3 is 5.32 Å². The maximum Gasteiger partial charge on any atom is 0.321 e. The molecule has 1 heterocycles. The van der Waals surface area contributed by atoms with Crippen LogP contribution in [0.2, 0.25) is 0 Å². The molecule has 2 N–H and O–H groups in total. The summed E-state index contributed by atoms with van der Waals surface area (Å²) in [5.74, 6) is -0.452. The lowest BCUT2D eigenvalue weighted by Crippen LogP contribution is -2.41. The topological polar surface area (TPSA) is 93.1 Å². The van der Waals surface area contributed by atoms with Crippen molar-refractivity contribution < 1.29 is 9.59 Å². The Kier molecular flexibility index (Phi) is 4.81. The van der Waals surface area contributed by atoms with Crippen LogP contribution in [0, 0.1) is 0 Å². The average Bonchev–Trinajstić information content (AvgIpc) is 2.52. The Morgan fingerprint density at radius 2 is 2.00 bits per heavy atom. The molecule has 0 spiro atoms. The lowest BCUT2D eigenvalue weighted by molar-refractivity contribution is -0.119. The molecule has 8 heteroatoms. The van der Waals surface area contributed by atoms with Crippen LogP contribution in [0.1, 0.15) is 6.92 Å². The fourth-order valence-corrected chi connectivity index (χ4v) is 2.66. The quantitative estimate of drug-likeness (QED) is 0.646. The third-order valence-corrected chi connectivity index (χ3v) is 4.20. The molecule has 0 saturated heterocycles. The van der Waals surface area contributed by atoms with E-state index in [1.54, 1.807) is 38.2 Å². The number of imide groups is 1. The summed E-state index contributed by atoms with van der Waals surface area (Å²) in [5, 5.41) is 4.88. The van der Waals surface area contributed by atoms with Gasteiger partial charge in [0.1, 0.15) is 0 Å². The molecular formula is C14H16N4O3S. The maximum absolute atomic E-state index is 12.3. The fraction of sp³-hybridized carbons (Fsp3) is 0.286. The van der Waals surface area contributed by atoms with E-state index in [4.69, 9.17) is 0 Å². The standard InChI is InChI=1S/C14H16N4O3S/c1-8(11(19)17-13(21)15-2)22-14-16-10-7-5-4-6-9(10)12(20)18(14)3/h4-8H,1-3H3,(H2,15,17,19,21)/t8-/m0/s1. The number of fused-ring (bicyclic) bond motifs is 1. The van der Waals surface area contributed by atoms with E-state index >= 15 is 0 Å². The van der Waals surface area contributed by atoms with Crippen molar-refractivity contribution in [3.63, 3.8) is 0 Å². The minimum Gasteiger partial charge on any atom is -0.341 e. The number of rotatable bonds is 3. The Morgan fingerprint density at radius 3 is 2.68 bits per heavy atom. The molecule has 1 aromatic carbocycles. The van der Waals surface area contributed by atoms with Crippen molar-refractivity contribution in [3.8, 4) is 0 Å². The van der Waals surface area contributed by atoms with E-state index in [0.717, 1.165) is 11.8 Å². The zero-order valence-corrected chi connectivity index (χ0v) is 13.2. The van der Waals surface area contributed by atoms with Crippen LogP contribution in [-0.4, -0.2) is 33.8 Å². The number of para-hydroxylation sites is 1. The summed E-state index contributed by atoms with van der Waals surface area (Å²) in [6, 6.07) is 6.46. The number of urea groups is 1. The van der Waals surface area contributed by atoms with Crippen LogP contribution >= 0.6 is 11.8 Å². The summed E-state index contributed by atoms with van der Waals surface area (Å²) in [5.41, 5.74) is 0.402. The molecule has 2 rings (SSSR count). The third kappa shape index (κ3) is 3.28. The molecule has 1 atom stereocenters. The molecule has 0 radical (unpaired) electrons. The second-order valence-electron chi connectivity index (χ2n) is 4.60. The van der Waals surface area contributed by atoms with Crippen molar-refractivity contribution in [1.29, 1.82) is 0 Å². The number of thioether (sulfide) groups is 1. The molecule has 2 aromatic rings. The van der Waals surface area contributed by atoms with Gasteiger partial charge in [-0.05, 0) is 19.1 Å². The predicted molar refractivity (Wildman–Crippen MR) is 84.9 cm³/mol. The first kappa shape index (κ1) is 16.0. The number of aromatic nitrogens is 2. The second kappa shape index (κ2) is 6.61. The Hall–Kier alpha value is -2.35. The molecule has 0 fully saturated rings. The van der Waals surface area contributed by atoms with Gasteiger partial charge in [0.25, 0.3) is 5.56 Å². The van der Waals surface area contributed by atoms with Gasteiger partial charge in [0.2, 0.25) is 5.91 Å². The van der Waals surface area contributed by atoms with Crippen LogP contribution < -0.4 is 16.2 Å². The molecule has 0 saturated carbocycles. The molecule has 7 nitrogen and oxygen atoms in total. The predicted octanol–water partition coefficient (Wildman–Crippen LogP) is 0.870. The summed E-state index contributed by atoms with van der Waals surface area (Å²) in [4.78, 5) is 39.7. The maximum atomic E-state index is 12.3. The first-order chi connectivity index (χ1) is 10.4. The summed E-state index contributed by atoms with van der Waals surface area (Å²) >= 11 is 1.12. The van der Waals surface area contributed by atoms with Crippen molar-refractivity contribution in [2.75, 3.05) is 7.05 Å². The number of carbonyl (C=O) groups is 2. The highest BCUT2D eigenvalue weighted by molar-refractivity contribution is 8.00. The lowest BCUT2D eigenvalue weighted by atomic mass is 10.2. The number of hydrogen-bond donors (Lipinski definition) is 2. The number of nitrogens with zero attached hydrogens (tertiary/aromatic N) is 2. The first-order valence-corrected chi connectivity index (χ1v) is 7.47. The van der Waals surface area contributed by atoms with E-state index in [1.165, 1.54) is 11.6 Å². The SMILES string of the molecule is CNC(=O)NC(=O)[C@H](C)Sc1nc2ccccc2c(=O)n1C. The Labute approximate surface area is 131 Å². The number of amides is 3. The van der Waals surface area contributed by atoms with Gasteiger partial charge in [-0.2, -0.15) is 0 Å². The molecule has 116 valence electrons. The smallest absolute Gasteiger partial charge is 0.321 e. The largest absolute Gasteiger partial charge is 0.341 e. The third-order valence-electron chi connectivity index (χ3n) is 3.06. The van der Waals surface area contributed by atoms with Gasteiger partial charge in [-0.25, -0.2) is 9.78 Å². The Balaban J connectivity index is 2.28. The van der Waals surface area contributed by atoms with Crippen molar-refractivity contribution in [2.24, 2.45) is 7.05 Å². The molecule has 0 aliphatic carbocycles. The lowest BCUT2D eigenvalue weighted by Gasteiger charge is -2.13. The van der Waals surface area contributed by atoms with Crippen LogP contribution in [0.3, 0.4) is 0 Å². The van der Waals surface area contributed by atoms with Crippen LogP contribution in [0.25, 0.3) is 10.9 Å². The van der Waals surface area contributed by atoms with E-state index in [9.17, 15) is 14.4 Å². The van der Waals surface area contributed by atoms with Gasteiger partial charge in [0.15, 0.2) is 5.16 Å². The van der Waals surface area contributed by atoms with Gasteiger partial charge in [-0.1, -0.05) is 23.9 Å². The highest BCUT2D eigenvalue weighted by Crippen LogP contribution is 2.21. The molecule has 1 aromatic heterocycles.